The summed E-state index contributed by atoms with van der Waals surface area (Å²) in [6, 6.07) is 48.0. The smallest absolute Gasteiger partial charge is 0.238 e. The van der Waals surface area contributed by atoms with Gasteiger partial charge in [-0.05, 0) is 64.7 Å². The maximum absolute atomic E-state index is 6.27. The Hall–Kier alpha value is -6.40. The Labute approximate surface area is 282 Å². The van der Waals surface area contributed by atoms with E-state index in [0.717, 1.165) is 38.5 Å². The molecule has 0 unspecified atom stereocenters. The van der Waals surface area contributed by atoms with Crippen LogP contribution < -0.4 is 0 Å². The third kappa shape index (κ3) is 4.14. The van der Waals surface area contributed by atoms with Gasteiger partial charge in [-0.15, -0.1) is 0 Å². The van der Waals surface area contributed by atoms with Crippen LogP contribution in [0, 0.1) is 0 Å². The number of aromatic nitrogens is 5. The second kappa shape index (κ2) is 10.3. The Morgan fingerprint density at radius 3 is 1.96 bits per heavy atom. The van der Waals surface area contributed by atoms with Crippen molar-refractivity contribution in [3.8, 4) is 51.3 Å². The Kier molecular flexibility index (Phi) is 5.82. The molecule has 0 aliphatic heterocycles. The van der Waals surface area contributed by atoms with Crippen LogP contribution >= 0.6 is 0 Å². The molecule has 1 aliphatic rings. The van der Waals surface area contributed by atoms with Crippen molar-refractivity contribution in [1.82, 2.24) is 24.5 Å². The fourth-order valence-corrected chi connectivity index (χ4v) is 7.53. The number of fused-ring (bicyclic) bond motifs is 7. The van der Waals surface area contributed by atoms with Gasteiger partial charge in [-0.2, -0.15) is 9.97 Å². The Balaban J connectivity index is 1.23. The molecule has 0 radical (unpaired) electrons. The minimum absolute atomic E-state index is 0.159. The monoisotopic (exact) mass is 631 g/mol. The van der Waals surface area contributed by atoms with Crippen LogP contribution in [-0.2, 0) is 5.41 Å². The number of hydrogen-bond donors (Lipinski definition) is 0. The number of hydrogen-bond acceptors (Lipinski definition) is 5. The van der Waals surface area contributed by atoms with Crippen molar-refractivity contribution in [3.05, 3.63) is 151 Å². The van der Waals surface area contributed by atoms with E-state index in [1.807, 2.05) is 48.5 Å². The molecule has 3 aromatic heterocycles. The van der Waals surface area contributed by atoms with Gasteiger partial charge in [-0.1, -0.05) is 111 Å². The average molecular weight is 632 g/mol. The SMILES string of the molecule is CC1(C)c2ccccc2-c2ccc(-c3nc(-c4cccc5oc(-c6ccccc6)nc45)nc(-n4c5ccccc5c5ccccc54)n3)cc21. The van der Waals surface area contributed by atoms with Gasteiger partial charge in [0.2, 0.25) is 11.8 Å². The van der Waals surface area contributed by atoms with Crippen molar-refractivity contribution in [1.29, 1.82) is 0 Å². The first kappa shape index (κ1) is 27.7. The second-order valence-corrected chi connectivity index (χ2v) is 13.1. The minimum Gasteiger partial charge on any atom is -0.436 e. The maximum atomic E-state index is 6.27. The zero-order valence-electron chi connectivity index (χ0n) is 26.9. The fraction of sp³-hybridized carbons (Fsp3) is 0.0698. The summed E-state index contributed by atoms with van der Waals surface area (Å²) in [6.45, 7) is 4.58. The molecule has 0 saturated carbocycles. The van der Waals surface area contributed by atoms with Gasteiger partial charge in [0.15, 0.2) is 17.2 Å². The highest BCUT2D eigenvalue weighted by Crippen LogP contribution is 2.49. The van der Waals surface area contributed by atoms with Gasteiger partial charge in [0.1, 0.15) is 5.52 Å². The van der Waals surface area contributed by atoms with Gasteiger partial charge in [-0.3, -0.25) is 4.57 Å². The van der Waals surface area contributed by atoms with Crippen LogP contribution in [-0.4, -0.2) is 24.5 Å². The first-order valence-electron chi connectivity index (χ1n) is 16.5. The van der Waals surface area contributed by atoms with E-state index in [0.29, 0.717) is 34.6 Å². The lowest BCUT2D eigenvalue weighted by atomic mass is 9.82. The average Bonchev–Trinajstić information content (AvgIpc) is 3.81. The first-order chi connectivity index (χ1) is 24.0. The highest BCUT2D eigenvalue weighted by Gasteiger charge is 2.35. The quantitative estimate of drug-likeness (QED) is 0.193. The molecule has 6 aromatic carbocycles. The van der Waals surface area contributed by atoms with E-state index in [1.165, 1.54) is 22.3 Å². The molecule has 10 rings (SSSR count). The minimum atomic E-state index is -0.159. The maximum Gasteiger partial charge on any atom is 0.238 e. The number of oxazole rings is 1. The van der Waals surface area contributed by atoms with Crippen molar-refractivity contribution in [3.63, 3.8) is 0 Å². The molecule has 6 nitrogen and oxygen atoms in total. The Morgan fingerprint density at radius 1 is 0.510 bits per heavy atom. The molecule has 3 heterocycles. The number of rotatable bonds is 4. The van der Waals surface area contributed by atoms with Gasteiger partial charge >= 0.3 is 0 Å². The van der Waals surface area contributed by atoms with Crippen molar-refractivity contribution in [2.75, 3.05) is 0 Å². The van der Waals surface area contributed by atoms with Crippen LogP contribution in [0.15, 0.2) is 144 Å². The predicted octanol–water partition coefficient (Wildman–Crippen LogP) is 10.4. The topological polar surface area (TPSA) is 69.6 Å². The molecule has 9 aromatic rings. The zero-order chi connectivity index (χ0) is 32.7. The van der Waals surface area contributed by atoms with Crippen LogP contribution in [0.4, 0.5) is 0 Å². The van der Waals surface area contributed by atoms with Gasteiger partial charge < -0.3 is 4.42 Å². The molecule has 49 heavy (non-hydrogen) atoms. The summed E-state index contributed by atoms with van der Waals surface area (Å²) in [5, 5.41) is 2.29. The molecule has 6 heteroatoms. The van der Waals surface area contributed by atoms with Crippen molar-refractivity contribution < 1.29 is 4.42 Å². The van der Waals surface area contributed by atoms with Crippen molar-refractivity contribution in [2.24, 2.45) is 0 Å². The molecular formula is C43H29N5O. The fourth-order valence-electron chi connectivity index (χ4n) is 7.53. The largest absolute Gasteiger partial charge is 0.436 e. The number of nitrogens with zero attached hydrogens (tertiary/aromatic N) is 5. The van der Waals surface area contributed by atoms with Crippen LogP contribution in [0.2, 0.25) is 0 Å². The van der Waals surface area contributed by atoms with E-state index in [-0.39, 0.29) is 5.41 Å². The van der Waals surface area contributed by atoms with Crippen molar-refractivity contribution in [2.45, 2.75) is 19.3 Å². The van der Waals surface area contributed by atoms with Crippen LogP contribution in [0.25, 0.3) is 84.2 Å². The summed E-state index contributed by atoms with van der Waals surface area (Å²) >= 11 is 0. The molecule has 1 aliphatic carbocycles. The van der Waals surface area contributed by atoms with Gasteiger partial charge in [0, 0.05) is 32.9 Å². The van der Waals surface area contributed by atoms with Crippen LogP contribution in [0.1, 0.15) is 25.0 Å². The summed E-state index contributed by atoms with van der Waals surface area (Å²) < 4.78 is 8.41. The highest BCUT2D eigenvalue weighted by atomic mass is 16.3. The van der Waals surface area contributed by atoms with Gasteiger partial charge in [0.25, 0.3) is 0 Å². The Morgan fingerprint density at radius 2 is 1.16 bits per heavy atom. The molecule has 0 bridgehead atoms. The summed E-state index contributed by atoms with van der Waals surface area (Å²) in [7, 11) is 0. The predicted molar refractivity (Wildman–Crippen MR) is 196 cm³/mol. The molecule has 232 valence electrons. The van der Waals surface area contributed by atoms with Crippen LogP contribution in [0.5, 0.6) is 0 Å². The molecule has 0 amide bonds. The van der Waals surface area contributed by atoms with Crippen LogP contribution in [0.3, 0.4) is 0 Å². The van der Waals surface area contributed by atoms with Crippen molar-refractivity contribution >= 4 is 32.9 Å². The summed E-state index contributed by atoms with van der Waals surface area (Å²) in [5.74, 6) is 2.23. The molecule has 0 spiro atoms. The van der Waals surface area contributed by atoms with Gasteiger partial charge in [0.05, 0.1) is 11.0 Å². The number of para-hydroxylation sites is 3. The van der Waals surface area contributed by atoms with E-state index in [9.17, 15) is 0 Å². The summed E-state index contributed by atoms with van der Waals surface area (Å²) in [4.78, 5) is 20.6. The zero-order valence-corrected chi connectivity index (χ0v) is 26.9. The van der Waals surface area contributed by atoms with E-state index >= 15 is 0 Å². The summed E-state index contributed by atoms with van der Waals surface area (Å²) in [6.07, 6.45) is 0. The lowest BCUT2D eigenvalue weighted by molar-refractivity contribution is 0.620. The van der Waals surface area contributed by atoms with E-state index < -0.39 is 0 Å². The summed E-state index contributed by atoms with van der Waals surface area (Å²) in [5.41, 5.74) is 11.0. The first-order valence-corrected chi connectivity index (χ1v) is 16.5. The second-order valence-electron chi connectivity index (χ2n) is 13.1. The molecule has 0 N–H and O–H groups in total. The van der Waals surface area contributed by atoms with Gasteiger partial charge in [-0.25, -0.2) is 9.97 Å². The normalized spacial score (nSPS) is 13.3. The third-order valence-corrected chi connectivity index (χ3v) is 9.93. The molecular weight excluding hydrogens is 603 g/mol. The Bertz CT molecular complexity index is 2700. The standard InChI is InChI=1S/C43H29N5O/c1-43(2)33-19-9-6-15-28(33)29-24-23-27(25-34(29)43)39-45-40(32-18-12-22-37-38(32)44-41(49-37)26-13-4-3-5-14-26)47-42(46-39)48-35-20-10-7-16-30(35)31-17-8-11-21-36(31)48/h3-25H,1-2H3. The molecule has 0 atom stereocenters. The third-order valence-electron chi connectivity index (χ3n) is 9.93. The van der Waals surface area contributed by atoms with E-state index in [1.54, 1.807) is 0 Å². The highest BCUT2D eigenvalue weighted by molar-refractivity contribution is 6.09. The van der Waals surface area contributed by atoms with E-state index in [2.05, 4.69) is 109 Å². The lowest BCUT2D eigenvalue weighted by Gasteiger charge is -2.21. The molecule has 0 fully saturated rings. The van der Waals surface area contributed by atoms with E-state index in [4.69, 9.17) is 24.4 Å². The number of benzene rings is 6. The lowest BCUT2D eigenvalue weighted by Crippen LogP contribution is -2.15. The molecule has 0 saturated heterocycles.